The first-order chi connectivity index (χ1) is 14.1. The summed E-state index contributed by atoms with van der Waals surface area (Å²) >= 11 is 7.21. The van der Waals surface area contributed by atoms with Crippen molar-refractivity contribution in [3.63, 3.8) is 0 Å². The molecule has 2 aromatic carbocycles. The van der Waals surface area contributed by atoms with Crippen molar-refractivity contribution < 1.29 is 13.9 Å². The average Bonchev–Trinajstić information content (AvgIpc) is 3.25. The van der Waals surface area contributed by atoms with E-state index in [0.29, 0.717) is 12.2 Å². The van der Waals surface area contributed by atoms with Crippen LogP contribution in [0.15, 0.2) is 83.0 Å². The topological polar surface area (TPSA) is 42.7 Å². The highest BCUT2D eigenvalue weighted by Crippen LogP contribution is 2.50. The van der Waals surface area contributed by atoms with E-state index in [2.05, 4.69) is 4.90 Å². The zero-order chi connectivity index (χ0) is 20.0. The Bertz CT molecular complexity index is 1090. The molecule has 2 unspecified atom stereocenters. The minimum Gasteiger partial charge on any atom is -0.469 e. The number of aryl methyl sites for hydroxylation is 1. The van der Waals surface area contributed by atoms with Gasteiger partial charge in [-0.15, -0.1) is 0 Å². The summed E-state index contributed by atoms with van der Waals surface area (Å²) in [6.45, 7) is 0. The smallest absolute Gasteiger partial charge is 0.339 e. The number of anilines is 1. The largest absolute Gasteiger partial charge is 0.469 e. The van der Waals surface area contributed by atoms with Crippen LogP contribution in [-0.4, -0.2) is 19.1 Å². The minimum absolute atomic E-state index is 0.395. The first kappa shape index (κ1) is 18.1. The molecule has 1 aliphatic heterocycles. The highest BCUT2D eigenvalue weighted by molar-refractivity contribution is 6.36. The second-order valence-corrected chi connectivity index (χ2v) is 8.02. The van der Waals surface area contributed by atoms with Gasteiger partial charge in [0.1, 0.15) is 11.5 Å². The van der Waals surface area contributed by atoms with Crippen LogP contribution >= 0.6 is 11.6 Å². The van der Waals surface area contributed by atoms with Crippen molar-refractivity contribution in [2.75, 3.05) is 11.9 Å². The Hall–Kier alpha value is -2.98. The summed E-state index contributed by atoms with van der Waals surface area (Å²) in [5.41, 5.74) is 3.57. The van der Waals surface area contributed by atoms with Crippen LogP contribution in [0.5, 0.6) is 0 Å². The van der Waals surface area contributed by atoms with Gasteiger partial charge in [-0.05, 0) is 35.8 Å². The number of benzene rings is 2. The van der Waals surface area contributed by atoms with Crippen molar-refractivity contribution in [2.24, 2.45) is 0 Å². The van der Waals surface area contributed by atoms with Crippen molar-refractivity contribution >= 4 is 29.0 Å². The van der Waals surface area contributed by atoms with Crippen molar-refractivity contribution in [3.8, 4) is 0 Å². The first-order valence-corrected chi connectivity index (χ1v) is 10.0. The molecule has 0 fully saturated rings. The summed E-state index contributed by atoms with van der Waals surface area (Å²) in [4.78, 5) is 14.1. The molecule has 0 radical (unpaired) electrons. The molecule has 5 rings (SSSR count). The number of para-hydroxylation sites is 1. The van der Waals surface area contributed by atoms with E-state index >= 15 is 0 Å². The molecule has 146 valence electrons. The Kier molecular flexibility index (Phi) is 4.25. The first-order valence-electron chi connectivity index (χ1n) is 9.65. The van der Waals surface area contributed by atoms with Crippen molar-refractivity contribution in [3.05, 3.63) is 95.5 Å². The minimum atomic E-state index is -1.36. The molecule has 0 amide bonds. The summed E-state index contributed by atoms with van der Waals surface area (Å²) in [5.74, 6) is 0.968. The van der Waals surface area contributed by atoms with Gasteiger partial charge in [0.15, 0.2) is 4.87 Å². The van der Waals surface area contributed by atoms with Crippen LogP contribution in [0.3, 0.4) is 0 Å². The standard InChI is InChI=1S/C24H20ClNO3/c1-26(17-10-6-3-7-11-17)22-19-12-13-20-18(14-15-28-20)21(19)29-23(27)24(22,25)16-8-4-2-5-9-16/h2-11,14-15,22H,12-13H2,1H3. The number of esters is 1. The number of carbonyl (C=O) groups is 1. The van der Waals surface area contributed by atoms with Crippen molar-refractivity contribution in [1.29, 1.82) is 0 Å². The monoisotopic (exact) mass is 405 g/mol. The summed E-state index contributed by atoms with van der Waals surface area (Å²) in [7, 11) is 1.98. The SMILES string of the molecule is CN(c1ccccc1)C1C2=C(OC(=O)C1(Cl)c1ccccc1)c1ccoc1CC2. The Labute approximate surface area is 174 Å². The number of likely N-dealkylation sites (N-methyl/N-ethyl adjacent to an activating group) is 1. The fourth-order valence-electron chi connectivity index (χ4n) is 4.44. The summed E-state index contributed by atoms with van der Waals surface area (Å²) in [6.07, 6.45) is 3.11. The van der Waals surface area contributed by atoms with E-state index in [9.17, 15) is 4.79 Å². The summed E-state index contributed by atoms with van der Waals surface area (Å²) in [5, 5.41) is 0. The maximum absolute atomic E-state index is 13.4. The van der Waals surface area contributed by atoms with Gasteiger partial charge in [-0.3, -0.25) is 0 Å². The number of hydrogen-bond donors (Lipinski definition) is 0. The zero-order valence-electron chi connectivity index (χ0n) is 16.0. The number of alkyl halides is 1. The molecule has 0 N–H and O–H groups in total. The quantitative estimate of drug-likeness (QED) is 0.447. The van der Waals surface area contributed by atoms with Gasteiger partial charge in [0.2, 0.25) is 0 Å². The van der Waals surface area contributed by atoms with Crippen LogP contribution in [0.1, 0.15) is 23.3 Å². The maximum atomic E-state index is 13.4. The highest BCUT2D eigenvalue weighted by atomic mass is 35.5. The molecular formula is C24H20ClNO3. The van der Waals surface area contributed by atoms with Gasteiger partial charge in [0, 0.05) is 19.2 Å². The molecule has 0 bridgehead atoms. The van der Waals surface area contributed by atoms with E-state index in [1.807, 2.05) is 73.8 Å². The van der Waals surface area contributed by atoms with Gasteiger partial charge in [0.25, 0.3) is 0 Å². The van der Waals surface area contributed by atoms with Crippen molar-refractivity contribution in [1.82, 2.24) is 0 Å². The third-order valence-corrected chi connectivity index (χ3v) is 6.43. The van der Waals surface area contributed by atoms with E-state index in [1.165, 1.54) is 0 Å². The lowest BCUT2D eigenvalue weighted by atomic mass is 9.78. The van der Waals surface area contributed by atoms with E-state index < -0.39 is 16.9 Å². The van der Waals surface area contributed by atoms with Gasteiger partial charge in [-0.2, -0.15) is 0 Å². The number of carbonyl (C=O) groups excluding carboxylic acids is 1. The van der Waals surface area contributed by atoms with E-state index in [4.69, 9.17) is 20.8 Å². The molecule has 0 spiro atoms. The predicted molar refractivity (Wildman–Crippen MR) is 113 cm³/mol. The van der Waals surface area contributed by atoms with E-state index in [0.717, 1.165) is 34.6 Å². The Morgan fingerprint density at radius 1 is 1.00 bits per heavy atom. The number of furan rings is 1. The number of rotatable bonds is 3. The van der Waals surface area contributed by atoms with Crippen LogP contribution in [0.4, 0.5) is 5.69 Å². The Morgan fingerprint density at radius 3 is 2.41 bits per heavy atom. The molecular weight excluding hydrogens is 386 g/mol. The van der Waals surface area contributed by atoms with Gasteiger partial charge < -0.3 is 14.1 Å². The zero-order valence-corrected chi connectivity index (χ0v) is 16.7. The average molecular weight is 406 g/mol. The molecule has 1 aromatic heterocycles. The van der Waals surface area contributed by atoms with Crippen LogP contribution in [-0.2, 0) is 20.8 Å². The van der Waals surface area contributed by atoms with Crippen LogP contribution in [0, 0.1) is 0 Å². The number of ether oxygens (including phenoxy) is 1. The number of fused-ring (bicyclic) bond motifs is 2. The molecule has 2 aliphatic rings. The fraction of sp³-hybridized carbons (Fsp3) is 0.208. The molecule has 2 atom stereocenters. The van der Waals surface area contributed by atoms with E-state index in [1.54, 1.807) is 6.26 Å². The van der Waals surface area contributed by atoms with Crippen molar-refractivity contribution in [2.45, 2.75) is 23.8 Å². The number of hydrogen-bond acceptors (Lipinski definition) is 4. The summed E-state index contributed by atoms with van der Waals surface area (Å²) < 4.78 is 11.5. The summed E-state index contributed by atoms with van der Waals surface area (Å²) in [6, 6.07) is 20.9. The lowest BCUT2D eigenvalue weighted by Crippen LogP contribution is -2.55. The van der Waals surface area contributed by atoms with Crippen LogP contribution in [0.25, 0.3) is 5.76 Å². The maximum Gasteiger partial charge on any atom is 0.339 e. The van der Waals surface area contributed by atoms with E-state index in [-0.39, 0.29) is 0 Å². The van der Waals surface area contributed by atoms with Gasteiger partial charge in [-0.25, -0.2) is 4.79 Å². The lowest BCUT2D eigenvalue weighted by Gasteiger charge is -2.46. The second-order valence-electron chi connectivity index (χ2n) is 7.43. The van der Waals surface area contributed by atoms with Crippen LogP contribution < -0.4 is 4.90 Å². The molecule has 0 saturated carbocycles. The Morgan fingerprint density at radius 2 is 1.69 bits per heavy atom. The third-order valence-electron chi connectivity index (χ3n) is 5.85. The Balaban J connectivity index is 1.73. The second kappa shape index (κ2) is 6.82. The number of nitrogens with zero attached hydrogens (tertiary/aromatic N) is 1. The molecule has 29 heavy (non-hydrogen) atoms. The van der Waals surface area contributed by atoms with Gasteiger partial charge in [-0.1, -0.05) is 60.1 Å². The molecule has 0 saturated heterocycles. The van der Waals surface area contributed by atoms with Gasteiger partial charge in [0.05, 0.1) is 17.9 Å². The number of halogens is 1. The van der Waals surface area contributed by atoms with Crippen LogP contribution in [0.2, 0.25) is 0 Å². The molecule has 1 aliphatic carbocycles. The fourth-order valence-corrected chi connectivity index (χ4v) is 4.88. The van der Waals surface area contributed by atoms with Gasteiger partial charge >= 0.3 is 5.97 Å². The predicted octanol–water partition coefficient (Wildman–Crippen LogP) is 5.13. The molecule has 5 heteroatoms. The lowest BCUT2D eigenvalue weighted by molar-refractivity contribution is -0.141. The third kappa shape index (κ3) is 2.70. The normalized spacial score (nSPS) is 23.2. The molecule has 3 aromatic rings. The molecule has 4 nitrogen and oxygen atoms in total. The molecule has 2 heterocycles. The highest BCUT2D eigenvalue weighted by Gasteiger charge is 2.55.